The van der Waals surface area contributed by atoms with Gasteiger partial charge in [-0.15, -0.1) is 11.3 Å². The van der Waals surface area contributed by atoms with Crippen LogP contribution in [0, 0.1) is 5.92 Å². The molecule has 1 aromatic carbocycles. The lowest BCUT2D eigenvalue weighted by Gasteiger charge is -2.17. The summed E-state index contributed by atoms with van der Waals surface area (Å²) in [5.41, 5.74) is 1.74. The minimum absolute atomic E-state index is 0.00810. The minimum atomic E-state index is -0.111. The van der Waals surface area contributed by atoms with Gasteiger partial charge in [0.2, 0.25) is 5.91 Å². The van der Waals surface area contributed by atoms with Crippen molar-refractivity contribution in [3.63, 3.8) is 0 Å². The average molecular weight is 345 g/mol. The number of urea groups is 1. The summed E-state index contributed by atoms with van der Waals surface area (Å²) >= 11 is 1.64. The van der Waals surface area contributed by atoms with E-state index in [2.05, 4.69) is 10.6 Å². The largest absolute Gasteiger partial charge is 0.334 e. The van der Waals surface area contributed by atoms with Crippen molar-refractivity contribution in [1.82, 2.24) is 10.2 Å². The number of carbonyl (C=O) groups excluding carboxylic acids is 2. The summed E-state index contributed by atoms with van der Waals surface area (Å²) in [7, 11) is 1.78. The average Bonchev–Trinajstić information content (AvgIpc) is 3.06. The number of anilines is 1. The maximum Gasteiger partial charge on any atom is 0.317 e. The lowest BCUT2D eigenvalue weighted by Crippen LogP contribution is -2.36. The van der Waals surface area contributed by atoms with Crippen LogP contribution >= 0.6 is 11.3 Å². The fourth-order valence-electron chi connectivity index (χ4n) is 2.01. The Balaban J connectivity index is 1.81. The summed E-state index contributed by atoms with van der Waals surface area (Å²) < 4.78 is 0. The highest BCUT2D eigenvalue weighted by atomic mass is 32.1. The molecule has 3 amide bonds. The number of benzene rings is 1. The predicted octanol–water partition coefficient (Wildman–Crippen LogP) is 3.68. The molecule has 0 saturated heterocycles. The Morgan fingerprint density at radius 1 is 1.17 bits per heavy atom. The molecule has 24 heavy (non-hydrogen) atoms. The number of amides is 3. The number of rotatable bonds is 6. The van der Waals surface area contributed by atoms with Gasteiger partial charge in [0.05, 0.1) is 6.54 Å². The van der Waals surface area contributed by atoms with Crippen molar-refractivity contribution >= 4 is 29.0 Å². The van der Waals surface area contributed by atoms with E-state index in [-0.39, 0.29) is 17.9 Å². The molecule has 0 saturated carbocycles. The van der Waals surface area contributed by atoms with Crippen LogP contribution in [0.5, 0.6) is 0 Å². The highest BCUT2D eigenvalue weighted by Crippen LogP contribution is 2.12. The van der Waals surface area contributed by atoms with Gasteiger partial charge in [-0.3, -0.25) is 4.79 Å². The molecule has 0 unspecified atom stereocenters. The van der Waals surface area contributed by atoms with Gasteiger partial charge in [0.25, 0.3) is 0 Å². The topological polar surface area (TPSA) is 61.4 Å². The van der Waals surface area contributed by atoms with Gasteiger partial charge in [0, 0.05) is 30.1 Å². The predicted molar refractivity (Wildman–Crippen MR) is 97.9 cm³/mol. The molecule has 2 rings (SSSR count). The monoisotopic (exact) mass is 345 g/mol. The van der Waals surface area contributed by atoms with Crippen molar-refractivity contribution in [2.24, 2.45) is 5.92 Å². The van der Waals surface area contributed by atoms with E-state index in [0.717, 1.165) is 16.1 Å². The summed E-state index contributed by atoms with van der Waals surface area (Å²) in [6.45, 7) is 4.76. The minimum Gasteiger partial charge on any atom is -0.334 e. The highest BCUT2D eigenvalue weighted by Gasteiger charge is 2.10. The molecule has 0 bridgehead atoms. The van der Waals surface area contributed by atoms with Crippen LogP contribution in [0.15, 0.2) is 41.8 Å². The smallest absolute Gasteiger partial charge is 0.317 e. The molecular weight excluding hydrogens is 322 g/mol. The van der Waals surface area contributed by atoms with Gasteiger partial charge >= 0.3 is 6.03 Å². The summed E-state index contributed by atoms with van der Waals surface area (Å²) in [5, 5.41) is 7.74. The molecule has 2 N–H and O–H groups in total. The van der Waals surface area contributed by atoms with Crippen molar-refractivity contribution in [3.05, 3.63) is 52.2 Å². The molecule has 2 aromatic rings. The molecule has 1 aromatic heterocycles. The maximum absolute atomic E-state index is 12.1. The zero-order valence-electron chi connectivity index (χ0n) is 14.2. The molecule has 0 aliphatic carbocycles. The second kappa shape index (κ2) is 8.49. The summed E-state index contributed by atoms with van der Waals surface area (Å²) in [5.74, 6) is -0.0610. The first-order valence-electron chi connectivity index (χ1n) is 7.87. The van der Waals surface area contributed by atoms with Gasteiger partial charge in [-0.25, -0.2) is 4.79 Å². The van der Waals surface area contributed by atoms with Crippen LogP contribution in [0.25, 0.3) is 0 Å². The number of carbonyl (C=O) groups is 2. The number of thiophene rings is 1. The molecule has 6 heteroatoms. The third-order valence-electron chi connectivity index (χ3n) is 3.51. The Kier molecular flexibility index (Phi) is 6.37. The molecule has 0 aliphatic heterocycles. The fraction of sp³-hybridized carbons (Fsp3) is 0.333. The Bertz CT molecular complexity index is 666. The Morgan fingerprint density at radius 3 is 2.46 bits per heavy atom. The number of nitrogens with one attached hydrogen (secondary N) is 2. The van der Waals surface area contributed by atoms with E-state index in [9.17, 15) is 9.59 Å². The third-order valence-corrected chi connectivity index (χ3v) is 4.37. The fourth-order valence-corrected chi connectivity index (χ4v) is 2.77. The van der Waals surface area contributed by atoms with E-state index < -0.39 is 0 Å². The molecule has 0 radical (unpaired) electrons. The van der Waals surface area contributed by atoms with Crippen LogP contribution in [0.3, 0.4) is 0 Å². The number of nitrogens with zero attached hydrogens (tertiary/aromatic N) is 1. The maximum atomic E-state index is 12.1. The van der Waals surface area contributed by atoms with Crippen molar-refractivity contribution in [2.75, 3.05) is 12.4 Å². The normalized spacial score (nSPS) is 10.5. The lowest BCUT2D eigenvalue weighted by molar-refractivity contribution is -0.118. The van der Waals surface area contributed by atoms with Gasteiger partial charge in [0.15, 0.2) is 0 Å². The van der Waals surface area contributed by atoms with E-state index in [1.807, 2.05) is 55.6 Å². The zero-order chi connectivity index (χ0) is 17.5. The number of hydrogen-bond donors (Lipinski definition) is 2. The van der Waals surface area contributed by atoms with Crippen LogP contribution in [-0.4, -0.2) is 23.9 Å². The first kappa shape index (κ1) is 18.0. The summed E-state index contributed by atoms with van der Waals surface area (Å²) in [6, 6.07) is 11.4. The summed E-state index contributed by atoms with van der Waals surface area (Å²) in [6.07, 6.45) is 0. The van der Waals surface area contributed by atoms with E-state index in [1.54, 1.807) is 23.3 Å². The van der Waals surface area contributed by atoms with E-state index >= 15 is 0 Å². The molecule has 1 heterocycles. The molecule has 0 aliphatic rings. The zero-order valence-corrected chi connectivity index (χ0v) is 15.0. The Morgan fingerprint density at radius 2 is 1.88 bits per heavy atom. The van der Waals surface area contributed by atoms with Crippen LogP contribution in [0.2, 0.25) is 0 Å². The van der Waals surface area contributed by atoms with Crippen molar-refractivity contribution in [2.45, 2.75) is 26.9 Å². The quantitative estimate of drug-likeness (QED) is 0.839. The van der Waals surface area contributed by atoms with E-state index in [4.69, 9.17) is 0 Å². The molecule has 128 valence electrons. The molecule has 0 atom stereocenters. The molecular formula is C18H23N3O2S. The van der Waals surface area contributed by atoms with E-state index in [1.165, 1.54) is 0 Å². The van der Waals surface area contributed by atoms with Crippen molar-refractivity contribution in [3.8, 4) is 0 Å². The van der Waals surface area contributed by atoms with Gasteiger partial charge < -0.3 is 15.5 Å². The third kappa shape index (κ3) is 5.38. The second-order valence-electron chi connectivity index (χ2n) is 5.94. The van der Waals surface area contributed by atoms with Crippen LogP contribution < -0.4 is 10.6 Å². The van der Waals surface area contributed by atoms with Gasteiger partial charge in [-0.1, -0.05) is 32.0 Å². The second-order valence-corrected chi connectivity index (χ2v) is 6.97. The SMILES string of the molecule is CC(C)C(=O)Nc1ccc(CNC(=O)N(C)Cc2cccs2)cc1. The molecule has 0 spiro atoms. The lowest BCUT2D eigenvalue weighted by atomic mass is 10.1. The van der Waals surface area contributed by atoms with Gasteiger partial charge in [-0.05, 0) is 29.1 Å². The van der Waals surface area contributed by atoms with Gasteiger partial charge in [-0.2, -0.15) is 0 Å². The van der Waals surface area contributed by atoms with Crippen molar-refractivity contribution < 1.29 is 9.59 Å². The first-order chi connectivity index (χ1) is 11.5. The summed E-state index contributed by atoms with van der Waals surface area (Å²) in [4.78, 5) is 26.5. The van der Waals surface area contributed by atoms with Gasteiger partial charge in [0.1, 0.15) is 0 Å². The van der Waals surface area contributed by atoms with Crippen molar-refractivity contribution in [1.29, 1.82) is 0 Å². The Hall–Kier alpha value is -2.34. The van der Waals surface area contributed by atoms with Crippen LogP contribution in [0.1, 0.15) is 24.3 Å². The standard InChI is InChI=1S/C18H23N3O2S/c1-13(2)17(22)20-15-8-6-14(7-9-15)11-19-18(23)21(3)12-16-5-4-10-24-16/h4-10,13H,11-12H2,1-3H3,(H,19,23)(H,20,22). The molecule has 0 fully saturated rings. The van der Waals surface area contributed by atoms with Crippen LogP contribution in [-0.2, 0) is 17.9 Å². The number of hydrogen-bond acceptors (Lipinski definition) is 3. The Labute approximate surface area is 146 Å². The molecule has 5 nitrogen and oxygen atoms in total. The van der Waals surface area contributed by atoms with Crippen LogP contribution in [0.4, 0.5) is 10.5 Å². The highest BCUT2D eigenvalue weighted by molar-refractivity contribution is 7.09. The van der Waals surface area contributed by atoms with E-state index in [0.29, 0.717) is 13.1 Å². The first-order valence-corrected chi connectivity index (χ1v) is 8.75.